The third kappa shape index (κ3) is 4.05. The van der Waals surface area contributed by atoms with Gasteiger partial charge in [-0.3, -0.25) is 14.6 Å². The topological polar surface area (TPSA) is 71.1 Å². The van der Waals surface area contributed by atoms with Gasteiger partial charge >= 0.3 is 0 Å². The van der Waals surface area contributed by atoms with E-state index < -0.39 is 0 Å². The molecule has 0 radical (unpaired) electrons. The Kier molecular flexibility index (Phi) is 4.71. The number of hydrogen-bond acceptors (Lipinski definition) is 3. The number of aromatic nitrogens is 1. The molecular formula is C15H21N3O2. The number of amides is 2. The standard InChI is InChI=1S/C15H21N3O2/c1-10(2)8-17-14(19)12-7-13(12)15(20)18-9-11-5-3-4-6-16-11/h3-6,10,12-13H,7-9H2,1-2H3,(H,17,19)(H,18,20). The lowest BCUT2D eigenvalue weighted by Crippen LogP contribution is -2.32. The molecule has 1 aliphatic carbocycles. The van der Waals surface area contributed by atoms with E-state index in [1.54, 1.807) is 6.20 Å². The van der Waals surface area contributed by atoms with Gasteiger partial charge in [0.05, 0.1) is 24.1 Å². The van der Waals surface area contributed by atoms with Crippen LogP contribution in [0.5, 0.6) is 0 Å². The van der Waals surface area contributed by atoms with E-state index in [1.165, 1.54) is 0 Å². The summed E-state index contributed by atoms with van der Waals surface area (Å²) in [5.74, 6) is 0.0366. The van der Waals surface area contributed by atoms with Crippen molar-refractivity contribution in [3.8, 4) is 0 Å². The highest BCUT2D eigenvalue weighted by Gasteiger charge is 2.47. The zero-order valence-corrected chi connectivity index (χ0v) is 11.9. The summed E-state index contributed by atoms with van der Waals surface area (Å²) >= 11 is 0. The Labute approximate surface area is 119 Å². The van der Waals surface area contributed by atoms with Crippen LogP contribution in [-0.2, 0) is 16.1 Å². The largest absolute Gasteiger partial charge is 0.356 e. The minimum Gasteiger partial charge on any atom is -0.356 e. The van der Waals surface area contributed by atoms with Crippen molar-refractivity contribution in [2.24, 2.45) is 17.8 Å². The van der Waals surface area contributed by atoms with Crippen molar-refractivity contribution in [3.63, 3.8) is 0 Å². The van der Waals surface area contributed by atoms with E-state index in [0.29, 0.717) is 25.4 Å². The first-order valence-corrected chi connectivity index (χ1v) is 7.03. The van der Waals surface area contributed by atoms with Crippen LogP contribution in [0, 0.1) is 17.8 Å². The van der Waals surface area contributed by atoms with Crippen LogP contribution >= 0.6 is 0 Å². The van der Waals surface area contributed by atoms with Gasteiger partial charge in [-0.15, -0.1) is 0 Å². The molecule has 0 aliphatic heterocycles. The van der Waals surface area contributed by atoms with E-state index in [-0.39, 0.29) is 23.7 Å². The van der Waals surface area contributed by atoms with Gasteiger partial charge in [-0.1, -0.05) is 19.9 Å². The minimum atomic E-state index is -0.175. The van der Waals surface area contributed by atoms with Crippen LogP contribution < -0.4 is 10.6 Å². The fourth-order valence-corrected chi connectivity index (χ4v) is 2.02. The first-order valence-electron chi connectivity index (χ1n) is 7.03. The van der Waals surface area contributed by atoms with Crippen LogP contribution in [-0.4, -0.2) is 23.3 Å². The van der Waals surface area contributed by atoms with Gasteiger partial charge in [0, 0.05) is 12.7 Å². The molecule has 20 heavy (non-hydrogen) atoms. The predicted octanol–water partition coefficient (Wildman–Crippen LogP) is 1.11. The van der Waals surface area contributed by atoms with Crippen LogP contribution in [0.15, 0.2) is 24.4 Å². The summed E-state index contributed by atoms with van der Waals surface area (Å²) in [6, 6.07) is 5.58. The number of rotatable bonds is 6. The summed E-state index contributed by atoms with van der Waals surface area (Å²) in [7, 11) is 0. The zero-order valence-electron chi connectivity index (χ0n) is 11.9. The molecule has 1 aliphatic rings. The molecule has 0 spiro atoms. The Morgan fingerprint density at radius 3 is 2.55 bits per heavy atom. The molecule has 0 aromatic carbocycles. The van der Waals surface area contributed by atoms with Gasteiger partial charge in [0.25, 0.3) is 0 Å². The molecule has 1 heterocycles. The SMILES string of the molecule is CC(C)CNC(=O)C1CC1C(=O)NCc1ccccn1. The van der Waals surface area contributed by atoms with E-state index in [2.05, 4.69) is 15.6 Å². The smallest absolute Gasteiger partial charge is 0.224 e. The Balaban J connectivity index is 1.72. The highest BCUT2D eigenvalue weighted by atomic mass is 16.2. The van der Waals surface area contributed by atoms with Crippen molar-refractivity contribution >= 4 is 11.8 Å². The fraction of sp³-hybridized carbons (Fsp3) is 0.533. The van der Waals surface area contributed by atoms with Gasteiger partial charge in [-0.05, 0) is 24.5 Å². The average molecular weight is 275 g/mol. The fourth-order valence-electron chi connectivity index (χ4n) is 2.02. The maximum atomic E-state index is 11.9. The minimum absolute atomic E-state index is 0.00307. The van der Waals surface area contributed by atoms with Gasteiger partial charge in [0.15, 0.2) is 0 Å². The average Bonchev–Trinajstić information content (AvgIpc) is 3.24. The van der Waals surface area contributed by atoms with Gasteiger partial charge in [-0.25, -0.2) is 0 Å². The second-order valence-electron chi connectivity index (χ2n) is 5.63. The van der Waals surface area contributed by atoms with Crippen LogP contribution in [0.25, 0.3) is 0 Å². The third-order valence-corrected chi connectivity index (χ3v) is 3.32. The molecule has 1 aromatic heterocycles. The Morgan fingerprint density at radius 2 is 1.95 bits per heavy atom. The van der Waals surface area contributed by atoms with Gasteiger partial charge in [0.2, 0.25) is 11.8 Å². The maximum Gasteiger partial charge on any atom is 0.224 e. The molecule has 0 bridgehead atoms. The van der Waals surface area contributed by atoms with E-state index >= 15 is 0 Å². The molecule has 0 saturated heterocycles. The van der Waals surface area contributed by atoms with Gasteiger partial charge in [0.1, 0.15) is 0 Å². The molecule has 2 atom stereocenters. The number of nitrogens with zero attached hydrogens (tertiary/aromatic N) is 1. The number of nitrogens with one attached hydrogen (secondary N) is 2. The van der Waals surface area contributed by atoms with Gasteiger partial charge < -0.3 is 10.6 Å². The van der Waals surface area contributed by atoms with Crippen molar-refractivity contribution in [3.05, 3.63) is 30.1 Å². The summed E-state index contributed by atoms with van der Waals surface area (Å²) in [5.41, 5.74) is 0.822. The first kappa shape index (κ1) is 14.5. The molecule has 1 aromatic rings. The van der Waals surface area contributed by atoms with E-state index in [0.717, 1.165) is 5.69 Å². The normalized spacial score (nSPS) is 20.6. The molecule has 2 N–H and O–H groups in total. The third-order valence-electron chi connectivity index (χ3n) is 3.32. The maximum absolute atomic E-state index is 11.9. The van der Waals surface area contributed by atoms with Crippen LogP contribution in [0.3, 0.4) is 0 Å². The summed E-state index contributed by atoms with van der Waals surface area (Å²) in [6.07, 6.45) is 2.35. The molecule has 2 amide bonds. The van der Waals surface area contributed by atoms with Crippen LogP contribution in [0.2, 0.25) is 0 Å². The summed E-state index contributed by atoms with van der Waals surface area (Å²) in [4.78, 5) is 27.8. The van der Waals surface area contributed by atoms with Crippen molar-refractivity contribution in [2.75, 3.05) is 6.54 Å². The molecule has 1 saturated carbocycles. The van der Waals surface area contributed by atoms with Crippen molar-refractivity contribution < 1.29 is 9.59 Å². The van der Waals surface area contributed by atoms with Crippen LogP contribution in [0.4, 0.5) is 0 Å². The molecule has 108 valence electrons. The van der Waals surface area contributed by atoms with E-state index in [4.69, 9.17) is 0 Å². The second kappa shape index (κ2) is 6.50. The lowest BCUT2D eigenvalue weighted by Gasteiger charge is -2.07. The molecule has 1 fully saturated rings. The van der Waals surface area contributed by atoms with Crippen molar-refractivity contribution in [1.29, 1.82) is 0 Å². The molecular weight excluding hydrogens is 254 g/mol. The lowest BCUT2D eigenvalue weighted by molar-refractivity contribution is -0.127. The lowest BCUT2D eigenvalue weighted by atomic mass is 10.2. The zero-order chi connectivity index (χ0) is 14.5. The molecule has 2 unspecified atom stereocenters. The van der Waals surface area contributed by atoms with E-state index in [1.807, 2.05) is 32.0 Å². The number of pyridine rings is 1. The quantitative estimate of drug-likeness (QED) is 0.817. The second-order valence-corrected chi connectivity index (χ2v) is 5.63. The van der Waals surface area contributed by atoms with Gasteiger partial charge in [-0.2, -0.15) is 0 Å². The summed E-state index contributed by atoms with van der Waals surface area (Å²) in [5, 5.41) is 5.70. The van der Waals surface area contributed by atoms with E-state index in [9.17, 15) is 9.59 Å². The number of carbonyl (C=O) groups is 2. The Morgan fingerprint density at radius 1 is 1.25 bits per heavy atom. The molecule has 5 heteroatoms. The highest BCUT2D eigenvalue weighted by Crippen LogP contribution is 2.38. The monoisotopic (exact) mass is 275 g/mol. The first-order chi connectivity index (χ1) is 9.58. The Hall–Kier alpha value is -1.91. The Bertz CT molecular complexity index is 473. The number of carbonyl (C=O) groups excluding carboxylic acids is 2. The summed E-state index contributed by atoms with van der Waals surface area (Å²) < 4.78 is 0. The predicted molar refractivity (Wildman–Crippen MR) is 75.5 cm³/mol. The van der Waals surface area contributed by atoms with Crippen molar-refractivity contribution in [1.82, 2.24) is 15.6 Å². The van der Waals surface area contributed by atoms with Crippen molar-refractivity contribution in [2.45, 2.75) is 26.8 Å². The van der Waals surface area contributed by atoms with Crippen LogP contribution in [0.1, 0.15) is 26.0 Å². The number of hydrogen-bond donors (Lipinski definition) is 2. The summed E-state index contributed by atoms with van der Waals surface area (Å²) in [6.45, 7) is 5.17. The molecule has 5 nitrogen and oxygen atoms in total. The molecule has 2 rings (SSSR count). The highest BCUT2D eigenvalue weighted by molar-refractivity contribution is 5.92.